The Morgan fingerprint density at radius 2 is 1.94 bits per heavy atom. The van der Waals surface area contributed by atoms with E-state index in [-0.39, 0.29) is 0 Å². The van der Waals surface area contributed by atoms with Crippen molar-refractivity contribution in [1.82, 2.24) is 0 Å². The molecule has 0 aromatic rings. The van der Waals surface area contributed by atoms with Gasteiger partial charge in [-0.3, -0.25) is 0 Å². The zero-order valence-corrected chi connectivity index (χ0v) is 11.9. The Kier molecular flexibility index (Phi) is 6.53. The molecule has 1 aliphatic heterocycles. The fourth-order valence-corrected chi connectivity index (χ4v) is 3.48. The van der Waals surface area contributed by atoms with Crippen LogP contribution >= 0.6 is 0 Å². The van der Waals surface area contributed by atoms with E-state index in [1.165, 1.54) is 0 Å². The second-order valence-electron chi connectivity index (χ2n) is 4.50. The van der Waals surface area contributed by atoms with Crippen molar-refractivity contribution in [2.75, 3.05) is 34.0 Å². The van der Waals surface area contributed by atoms with Gasteiger partial charge >= 0.3 is 9.28 Å². The van der Waals surface area contributed by atoms with E-state index in [1.54, 1.807) is 14.2 Å². The van der Waals surface area contributed by atoms with Crippen molar-refractivity contribution < 1.29 is 18.3 Å². The third kappa shape index (κ3) is 4.93. The number of ether oxygens (including phenoxy) is 2. The summed E-state index contributed by atoms with van der Waals surface area (Å²) in [6.45, 7) is 6.86. The number of hydrogen-bond acceptors (Lipinski definition) is 4. The molecule has 1 heterocycles. The molecule has 0 saturated carbocycles. The minimum Gasteiger partial charge on any atom is -0.400 e. The Bertz CT molecular complexity index is 183. The van der Waals surface area contributed by atoms with E-state index in [0.717, 1.165) is 26.2 Å². The first-order valence-corrected chi connectivity index (χ1v) is 7.55. The summed E-state index contributed by atoms with van der Waals surface area (Å²) in [6.07, 6.45) is 1.43. The van der Waals surface area contributed by atoms with Gasteiger partial charge in [0.25, 0.3) is 0 Å². The third-order valence-corrected chi connectivity index (χ3v) is 5.66. The highest BCUT2D eigenvalue weighted by Gasteiger charge is 2.26. The zero-order valence-electron chi connectivity index (χ0n) is 10.8. The molecule has 5 heteroatoms. The second-order valence-corrected chi connectivity index (χ2v) is 7.23. The van der Waals surface area contributed by atoms with Crippen LogP contribution in [0.15, 0.2) is 0 Å². The van der Waals surface area contributed by atoms with E-state index >= 15 is 0 Å². The van der Waals surface area contributed by atoms with E-state index in [1.807, 2.05) is 0 Å². The highest BCUT2D eigenvalue weighted by molar-refractivity contribution is 6.46. The summed E-state index contributed by atoms with van der Waals surface area (Å²) >= 11 is 0. The van der Waals surface area contributed by atoms with Crippen LogP contribution < -0.4 is 0 Å². The lowest BCUT2D eigenvalue weighted by Gasteiger charge is -2.24. The molecule has 0 spiro atoms. The van der Waals surface area contributed by atoms with Gasteiger partial charge < -0.3 is 18.3 Å². The van der Waals surface area contributed by atoms with Gasteiger partial charge in [-0.15, -0.1) is 0 Å². The molecule has 1 aliphatic rings. The van der Waals surface area contributed by atoms with Gasteiger partial charge in [-0.2, -0.15) is 0 Å². The zero-order chi connectivity index (χ0) is 12.0. The quantitative estimate of drug-likeness (QED) is 0.351. The first kappa shape index (κ1) is 14.1. The summed E-state index contributed by atoms with van der Waals surface area (Å²) in [4.78, 5) is 0. The predicted octanol–water partition coefficient (Wildman–Crippen LogP) is 1.33. The van der Waals surface area contributed by atoms with Crippen LogP contribution in [0.2, 0.25) is 5.54 Å². The topological polar surface area (TPSA) is 40.2 Å². The molecule has 0 radical (unpaired) electrons. The Balaban J connectivity index is 2.08. The Labute approximate surface area is 100 Å². The lowest BCUT2D eigenvalue weighted by Crippen LogP contribution is -2.29. The molecular weight excluding hydrogens is 224 g/mol. The lowest BCUT2D eigenvalue weighted by molar-refractivity contribution is 0.104. The molecule has 0 bridgehead atoms. The average molecular weight is 248 g/mol. The maximum absolute atomic E-state index is 5.53. The van der Waals surface area contributed by atoms with Crippen molar-refractivity contribution in [3.05, 3.63) is 0 Å². The minimum absolute atomic E-state index is 0.368. The van der Waals surface area contributed by atoms with Crippen LogP contribution in [-0.2, 0) is 18.3 Å². The van der Waals surface area contributed by atoms with Crippen molar-refractivity contribution in [3.8, 4) is 0 Å². The second kappa shape index (κ2) is 7.40. The molecule has 16 heavy (non-hydrogen) atoms. The van der Waals surface area contributed by atoms with E-state index in [4.69, 9.17) is 18.3 Å². The standard InChI is InChI=1S/C11H24O4Si/c1-9(10(2)16(12-3)13-4)5-6-14-7-11-8-15-11/h9-11,16H,5-8H2,1-4H3. The Morgan fingerprint density at radius 3 is 2.44 bits per heavy atom. The average Bonchev–Trinajstić information content (AvgIpc) is 3.09. The molecule has 3 unspecified atom stereocenters. The minimum atomic E-state index is -1.48. The van der Waals surface area contributed by atoms with Crippen molar-refractivity contribution in [2.24, 2.45) is 5.92 Å². The number of hydrogen-bond donors (Lipinski definition) is 0. The van der Waals surface area contributed by atoms with Gasteiger partial charge in [0.1, 0.15) is 6.10 Å². The molecule has 1 rings (SSSR count). The van der Waals surface area contributed by atoms with Gasteiger partial charge in [-0.25, -0.2) is 0 Å². The van der Waals surface area contributed by atoms with Crippen LogP contribution in [0, 0.1) is 5.92 Å². The highest BCUT2D eigenvalue weighted by Crippen LogP contribution is 2.24. The highest BCUT2D eigenvalue weighted by atomic mass is 28.3. The van der Waals surface area contributed by atoms with E-state index in [0.29, 0.717) is 17.6 Å². The third-order valence-electron chi connectivity index (χ3n) is 3.22. The van der Waals surface area contributed by atoms with Gasteiger partial charge in [0.05, 0.1) is 13.2 Å². The number of rotatable bonds is 9. The van der Waals surface area contributed by atoms with Crippen LogP contribution in [-0.4, -0.2) is 49.4 Å². The van der Waals surface area contributed by atoms with Crippen LogP contribution in [0.5, 0.6) is 0 Å². The van der Waals surface area contributed by atoms with Crippen LogP contribution in [0.3, 0.4) is 0 Å². The summed E-state index contributed by atoms with van der Waals surface area (Å²) in [5.41, 5.74) is 0.510. The van der Waals surface area contributed by atoms with Crippen molar-refractivity contribution in [3.63, 3.8) is 0 Å². The van der Waals surface area contributed by atoms with Gasteiger partial charge in [-0.05, 0) is 17.9 Å². The summed E-state index contributed by atoms with van der Waals surface area (Å²) in [6, 6.07) is 0. The van der Waals surface area contributed by atoms with E-state index in [2.05, 4.69) is 13.8 Å². The molecule has 1 saturated heterocycles. The van der Waals surface area contributed by atoms with Gasteiger partial charge in [0.2, 0.25) is 0 Å². The lowest BCUT2D eigenvalue weighted by atomic mass is 10.1. The molecule has 96 valence electrons. The molecule has 0 aromatic heterocycles. The molecule has 0 N–H and O–H groups in total. The fourth-order valence-electron chi connectivity index (χ4n) is 1.70. The Morgan fingerprint density at radius 1 is 1.31 bits per heavy atom. The molecule has 3 atom stereocenters. The molecule has 0 aromatic carbocycles. The summed E-state index contributed by atoms with van der Waals surface area (Å²) in [7, 11) is 2.00. The molecule has 0 aliphatic carbocycles. The van der Waals surface area contributed by atoms with Crippen molar-refractivity contribution >= 4 is 9.28 Å². The van der Waals surface area contributed by atoms with Crippen LogP contribution in [0.1, 0.15) is 20.3 Å². The van der Waals surface area contributed by atoms with Crippen molar-refractivity contribution in [1.29, 1.82) is 0 Å². The number of epoxide rings is 1. The monoisotopic (exact) mass is 248 g/mol. The van der Waals surface area contributed by atoms with E-state index in [9.17, 15) is 0 Å². The summed E-state index contributed by atoms with van der Waals surface area (Å²) < 4.78 is 21.4. The molecule has 4 nitrogen and oxygen atoms in total. The molecular formula is C11H24O4Si. The smallest absolute Gasteiger partial charge is 0.324 e. The van der Waals surface area contributed by atoms with Crippen LogP contribution in [0.25, 0.3) is 0 Å². The first-order valence-electron chi connectivity index (χ1n) is 5.94. The van der Waals surface area contributed by atoms with Crippen LogP contribution in [0.4, 0.5) is 0 Å². The summed E-state index contributed by atoms with van der Waals surface area (Å²) in [5.74, 6) is 0.580. The van der Waals surface area contributed by atoms with E-state index < -0.39 is 9.28 Å². The maximum Gasteiger partial charge on any atom is 0.324 e. The Hall–Kier alpha value is 0.0569. The fraction of sp³-hybridized carbons (Fsp3) is 1.00. The normalized spacial score (nSPS) is 23.4. The summed E-state index contributed by atoms with van der Waals surface area (Å²) in [5, 5.41) is 0. The maximum atomic E-state index is 5.53. The molecule has 1 fully saturated rings. The van der Waals surface area contributed by atoms with Gasteiger partial charge in [0, 0.05) is 20.8 Å². The van der Waals surface area contributed by atoms with Gasteiger partial charge in [0.15, 0.2) is 0 Å². The SMILES string of the molecule is CO[SiH](OC)C(C)C(C)CCOCC1CO1. The molecule has 0 amide bonds. The van der Waals surface area contributed by atoms with Crippen molar-refractivity contribution in [2.45, 2.75) is 31.9 Å². The predicted molar refractivity (Wildman–Crippen MR) is 64.9 cm³/mol. The first-order chi connectivity index (χ1) is 7.69. The van der Waals surface area contributed by atoms with Gasteiger partial charge in [-0.1, -0.05) is 13.8 Å². The largest absolute Gasteiger partial charge is 0.400 e.